The van der Waals surface area contributed by atoms with Crippen LogP contribution in [-0.2, 0) is 14.8 Å². The van der Waals surface area contributed by atoms with E-state index in [0.717, 1.165) is 0 Å². The summed E-state index contributed by atoms with van der Waals surface area (Å²) in [5.74, 6) is 0.212. The first-order valence-corrected chi connectivity index (χ1v) is 8.16. The summed E-state index contributed by atoms with van der Waals surface area (Å²) in [5.41, 5.74) is 0.404. The van der Waals surface area contributed by atoms with Crippen molar-refractivity contribution in [3.63, 3.8) is 0 Å². The van der Waals surface area contributed by atoms with Crippen molar-refractivity contribution in [2.45, 2.75) is 4.90 Å². The van der Waals surface area contributed by atoms with Crippen LogP contribution in [0.2, 0.25) is 0 Å². The number of hydrogen-bond acceptors (Lipinski definition) is 5. The molecule has 0 aromatic heterocycles. The van der Waals surface area contributed by atoms with Crippen LogP contribution in [0.5, 0.6) is 5.75 Å². The topological polar surface area (TPSA) is 79.0 Å². The summed E-state index contributed by atoms with van der Waals surface area (Å²) in [5, 5.41) is 2.63. The Morgan fingerprint density at radius 1 is 1.19 bits per heavy atom. The zero-order valence-corrected chi connectivity index (χ0v) is 12.5. The van der Waals surface area contributed by atoms with E-state index in [0.29, 0.717) is 37.6 Å². The Labute approximate surface area is 123 Å². The van der Waals surface area contributed by atoms with Crippen molar-refractivity contribution >= 4 is 21.6 Å². The Balaban J connectivity index is 1.89. The van der Waals surface area contributed by atoms with Gasteiger partial charge in [0.05, 0.1) is 10.6 Å². The van der Waals surface area contributed by atoms with Gasteiger partial charge in [-0.3, -0.25) is 4.79 Å². The van der Waals surface area contributed by atoms with Crippen LogP contribution in [0.3, 0.4) is 0 Å². The molecule has 0 spiro atoms. The third kappa shape index (κ3) is 2.74. The fourth-order valence-electron chi connectivity index (χ4n) is 2.40. The van der Waals surface area contributed by atoms with Crippen molar-refractivity contribution in [1.29, 1.82) is 0 Å². The molecule has 0 saturated carbocycles. The monoisotopic (exact) mass is 311 g/mol. The molecule has 7 nitrogen and oxygen atoms in total. The molecule has 8 heteroatoms. The third-order valence-electron chi connectivity index (χ3n) is 3.68. The highest BCUT2D eigenvalue weighted by molar-refractivity contribution is 7.89. The number of carbonyl (C=O) groups is 1. The molecule has 21 heavy (non-hydrogen) atoms. The van der Waals surface area contributed by atoms with Gasteiger partial charge in [0.15, 0.2) is 6.61 Å². The molecule has 1 fully saturated rings. The first kappa shape index (κ1) is 14.3. The molecule has 0 bridgehead atoms. The Morgan fingerprint density at radius 2 is 1.90 bits per heavy atom. The quantitative estimate of drug-likeness (QED) is 0.829. The standard InChI is InChI=1S/C13H17N3O4S/c1-15-4-6-16(7-5-15)21(18,19)10-2-3-12-11(8-10)14-13(17)9-20-12/h2-3,8H,4-7,9H2,1H3,(H,14,17). The third-order valence-corrected chi connectivity index (χ3v) is 5.58. The van der Waals surface area contributed by atoms with E-state index < -0.39 is 10.0 Å². The van der Waals surface area contributed by atoms with E-state index in [-0.39, 0.29) is 17.4 Å². The predicted octanol–water partition coefficient (Wildman–Crippen LogP) is -0.0464. The van der Waals surface area contributed by atoms with E-state index in [4.69, 9.17) is 4.74 Å². The van der Waals surface area contributed by atoms with Crippen molar-refractivity contribution in [1.82, 2.24) is 9.21 Å². The number of carbonyl (C=O) groups excluding carboxylic acids is 1. The summed E-state index contributed by atoms with van der Waals surface area (Å²) in [7, 11) is -1.57. The molecule has 1 aromatic rings. The highest BCUT2D eigenvalue weighted by atomic mass is 32.2. The maximum absolute atomic E-state index is 12.6. The highest BCUT2D eigenvalue weighted by Crippen LogP contribution is 2.31. The largest absolute Gasteiger partial charge is 0.482 e. The molecule has 2 heterocycles. The second kappa shape index (κ2) is 5.28. The predicted molar refractivity (Wildman–Crippen MR) is 76.8 cm³/mol. The number of anilines is 1. The number of sulfonamides is 1. The maximum Gasteiger partial charge on any atom is 0.262 e. The lowest BCUT2D eigenvalue weighted by Crippen LogP contribution is -2.47. The van der Waals surface area contributed by atoms with Gasteiger partial charge in [0.1, 0.15) is 5.75 Å². The summed E-state index contributed by atoms with van der Waals surface area (Å²) in [4.78, 5) is 13.6. The van der Waals surface area contributed by atoms with Crippen LogP contribution in [0.1, 0.15) is 0 Å². The van der Waals surface area contributed by atoms with Gasteiger partial charge in [-0.05, 0) is 25.2 Å². The molecule has 2 aliphatic heterocycles. The normalized spacial score (nSPS) is 20.5. The van der Waals surface area contributed by atoms with Crippen LogP contribution in [0.25, 0.3) is 0 Å². The molecule has 0 aliphatic carbocycles. The lowest BCUT2D eigenvalue weighted by molar-refractivity contribution is -0.118. The van der Waals surface area contributed by atoms with Crippen molar-refractivity contribution in [2.75, 3.05) is 45.2 Å². The molecule has 0 radical (unpaired) electrons. The van der Waals surface area contributed by atoms with Crippen LogP contribution >= 0.6 is 0 Å². The van der Waals surface area contributed by atoms with Gasteiger partial charge >= 0.3 is 0 Å². The molecule has 2 aliphatic rings. The van der Waals surface area contributed by atoms with Crippen molar-refractivity contribution < 1.29 is 17.9 Å². The number of nitrogens with zero attached hydrogens (tertiary/aromatic N) is 2. The summed E-state index contributed by atoms with van der Waals surface area (Å²) >= 11 is 0. The van der Waals surface area contributed by atoms with Crippen molar-refractivity contribution in [3.8, 4) is 5.75 Å². The molecule has 1 saturated heterocycles. The fourth-order valence-corrected chi connectivity index (χ4v) is 3.85. The number of likely N-dealkylation sites (N-methyl/N-ethyl adjacent to an activating group) is 1. The molecular formula is C13H17N3O4S. The van der Waals surface area contributed by atoms with E-state index in [1.54, 1.807) is 6.07 Å². The average molecular weight is 311 g/mol. The van der Waals surface area contributed by atoms with Crippen LogP contribution in [-0.4, -0.2) is 63.4 Å². The van der Waals surface area contributed by atoms with E-state index in [1.165, 1.54) is 16.4 Å². The van der Waals surface area contributed by atoms with Crippen LogP contribution in [0.4, 0.5) is 5.69 Å². The molecule has 1 aromatic carbocycles. The van der Waals surface area contributed by atoms with Gasteiger partial charge in [0.2, 0.25) is 10.0 Å². The van der Waals surface area contributed by atoms with E-state index in [1.807, 2.05) is 7.05 Å². The van der Waals surface area contributed by atoms with Gasteiger partial charge in [0.25, 0.3) is 5.91 Å². The summed E-state index contributed by atoms with van der Waals surface area (Å²) in [6.07, 6.45) is 0. The lowest BCUT2D eigenvalue weighted by atomic mass is 10.2. The molecule has 114 valence electrons. The molecule has 0 atom stereocenters. The van der Waals surface area contributed by atoms with Gasteiger partial charge in [-0.1, -0.05) is 0 Å². The number of ether oxygens (including phenoxy) is 1. The first-order valence-electron chi connectivity index (χ1n) is 6.72. The Hall–Kier alpha value is -1.64. The van der Waals surface area contributed by atoms with E-state index in [2.05, 4.69) is 10.2 Å². The molecule has 1 amide bonds. The first-order chi connectivity index (χ1) is 9.96. The maximum atomic E-state index is 12.6. The number of rotatable bonds is 2. The molecular weight excluding hydrogens is 294 g/mol. The van der Waals surface area contributed by atoms with Gasteiger partial charge in [-0.25, -0.2) is 8.42 Å². The minimum atomic E-state index is -3.54. The van der Waals surface area contributed by atoms with Crippen LogP contribution in [0.15, 0.2) is 23.1 Å². The number of benzene rings is 1. The van der Waals surface area contributed by atoms with Crippen LogP contribution in [0, 0.1) is 0 Å². The minimum Gasteiger partial charge on any atom is -0.482 e. The van der Waals surface area contributed by atoms with Crippen molar-refractivity contribution in [2.24, 2.45) is 0 Å². The Kier molecular flexibility index (Phi) is 3.60. The zero-order chi connectivity index (χ0) is 15.0. The number of amides is 1. The average Bonchev–Trinajstić information content (AvgIpc) is 2.47. The molecule has 1 N–H and O–H groups in total. The van der Waals surface area contributed by atoms with E-state index >= 15 is 0 Å². The summed E-state index contributed by atoms with van der Waals surface area (Å²) < 4.78 is 31.9. The molecule has 0 unspecified atom stereocenters. The smallest absolute Gasteiger partial charge is 0.262 e. The number of piperazine rings is 1. The summed E-state index contributed by atoms with van der Waals surface area (Å²) in [6, 6.07) is 4.56. The van der Waals surface area contributed by atoms with Gasteiger partial charge in [-0.15, -0.1) is 0 Å². The van der Waals surface area contributed by atoms with Crippen LogP contribution < -0.4 is 10.1 Å². The Morgan fingerprint density at radius 3 is 2.62 bits per heavy atom. The van der Waals surface area contributed by atoms with Gasteiger partial charge in [0, 0.05) is 26.2 Å². The number of nitrogens with one attached hydrogen (secondary N) is 1. The summed E-state index contributed by atoms with van der Waals surface area (Å²) in [6.45, 7) is 2.32. The SMILES string of the molecule is CN1CCN(S(=O)(=O)c2ccc3c(c2)NC(=O)CO3)CC1. The second-order valence-electron chi connectivity index (χ2n) is 5.20. The van der Waals surface area contributed by atoms with Gasteiger partial charge in [-0.2, -0.15) is 4.31 Å². The Bertz CT molecular complexity index is 666. The highest BCUT2D eigenvalue weighted by Gasteiger charge is 2.28. The number of hydrogen-bond donors (Lipinski definition) is 1. The van der Waals surface area contributed by atoms with Crippen molar-refractivity contribution in [3.05, 3.63) is 18.2 Å². The fraction of sp³-hybridized carbons (Fsp3) is 0.462. The zero-order valence-electron chi connectivity index (χ0n) is 11.7. The number of fused-ring (bicyclic) bond motifs is 1. The lowest BCUT2D eigenvalue weighted by Gasteiger charge is -2.31. The second-order valence-corrected chi connectivity index (χ2v) is 7.14. The minimum absolute atomic E-state index is 0.0441. The van der Waals surface area contributed by atoms with Gasteiger partial charge < -0.3 is 15.0 Å². The molecule has 3 rings (SSSR count). The van der Waals surface area contributed by atoms with E-state index in [9.17, 15) is 13.2 Å².